The predicted octanol–water partition coefficient (Wildman–Crippen LogP) is 5.36. The van der Waals surface area contributed by atoms with Gasteiger partial charge in [-0.1, -0.05) is 32.1 Å². The molecule has 4 nitrogen and oxygen atoms in total. The van der Waals surface area contributed by atoms with Crippen LogP contribution in [0.25, 0.3) is 0 Å². The van der Waals surface area contributed by atoms with Crippen LogP contribution in [-0.4, -0.2) is 24.3 Å². The van der Waals surface area contributed by atoms with Crippen LogP contribution >= 0.6 is 0 Å². The summed E-state index contributed by atoms with van der Waals surface area (Å²) in [5, 5.41) is 0. The molecule has 0 unspecified atom stereocenters. The molecule has 29 heavy (non-hydrogen) atoms. The maximum atomic E-state index is 11.4. The maximum Gasteiger partial charge on any atom is 0.302 e. The number of fused-ring (bicyclic) bond motifs is 7. The molecule has 0 radical (unpaired) electrons. The minimum Gasteiger partial charge on any atom is -0.468 e. The largest absolute Gasteiger partial charge is 0.468 e. The van der Waals surface area contributed by atoms with E-state index in [0.717, 1.165) is 43.8 Å². The first-order chi connectivity index (χ1) is 13.8. The van der Waals surface area contributed by atoms with E-state index in [1.807, 2.05) is 6.26 Å². The summed E-state index contributed by atoms with van der Waals surface area (Å²) in [7, 11) is 0. The number of carbonyl (C=O) groups excluding carboxylic acids is 1. The van der Waals surface area contributed by atoms with Crippen molar-refractivity contribution in [3.05, 3.63) is 35.8 Å². The first-order valence-corrected chi connectivity index (χ1v) is 11.3. The van der Waals surface area contributed by atoms with Crippen molar-refractivity contribution in [1.29, 1.82) is 0 Å². The van der Waals surface area contributed by atoms with Gasteiger partial charge in [-0.3, -0.25) is 9.79 Å². The second kappa shape index (κ2) is 6.58. The molecule has 0 spiro atoms. The van der Waals surface area contributed by atoms with Crippen molar-refractivity contribution in [2.45, 2.75) is 71.8 Å². The summed E-state index contributed by atoms with van der Waals surface area (Å²) in [6.45, 7) is 11.0. The first-order valence-electron chi connectivity index (χ1n) is 11.3. The van der Waals surface area contributed by atoms with E-state index in [2.05, 4.69) is 26.5 Å². The van der Waals surface area contributed by atoms with Gasteiger partial charge in [0.25, 0.3) is 0 Å². The second-order valence-corrected chi connectivity index (χ2v) is 10.4. The summed E-state index contributed by atoms with van der Waals surface area (Å²) in [5.41, 5.74) is 4.56. The predicted molar refractivity (Wildman–Crippen MR) is 113 cm³/mol. The Kier molecular flexibility index (Phi) is 4.34. The molecule has 0 aromatic carbocycles. The van der Waals surface area contributed by atoms with Crippen LogP contribution in [0.5, 0.6) is 0 Å². The normalized spacial score (nSPS) is 43.3. The number of allylic oxidation sites excluding steroid dienone is 2. The molecular formula is C25H33NO3. The fourth-order valence-corrected chi connectivity index (χ4v) is 7.40. The Morgan fingerprint density at radius 3 is 2.79 bits per heavy atom. The van der Waals surface area contributed by atoms with Gasteiger partial charge in [0.1, 0.15) is 11.9 Å². The molecule has 0 saturated heterocycles. The van der Waals surface area contributed by atoms with Crippen LogP contribution in [0, 0.1) is 28.6 Å². The summed E-state index contributed by atoms with van der Waals surface area (Å²) in [6.07, 6.45) is 12.3. The second-order valence-electron chi connectivity index (χ2n) is 10.4. The summed E-state index contributed by atoms with van der Waals surface area (Å²) in [5.74, 6) is 2.66. The number of carbonyl (C=O) groups is 1. The zero-order valence-electron chi connectivity index (χ0n) is 18.0. The Hall–Kier alpha value is -1.84. The summed E-state index contributed by atoms with van der Waals surface area (Å²) >= 11 is 0. The topological polar surface area (TPSA) is 47.9 Å². The zero-order chi connectivity index (χ0) is 20.4. The van der Waals surface area contributed by atoms with Crippen molar-refractivity contribution >= 4 is 11.7 Å². The molecule has 1 heterocycles. The molecule has 1 aliphatic heterocycles. The van der Waals surface area contributed by atoms with Crippen LogP contribution < -0.4 is 0 Å². The lowest BCUT2D eigenvalue weighted by atomic mass is 9.48. The van der Waals surface area contributed by atoms with Gasteiger partial charge in [-0.15, -0.1) is 0 Å². The Bertz CT molecular complexity index is 852. The zero-order valence-corrected chi connectivity index (χ0v) is 18.0. The molecule has 4 heteroatoms. The monoisotopic (exact) mass is 395 g/mol. The molecule has 3 fully saturated rings. The van der Waals surface area contributed by atoms with Crippen molar-refractivity contribution in [3.63, 3.8) is 0 Å². The van der Waals surface area contributed by atoms with Crippen molar-refractivity contribution in [2.24, 2.45) is 33.6 Å². The lowest BCUT2D eigenvalue weighted by molar-refractivity contribution is -0.148. The van der Waals surface area contributed by atoms with Crippen molar-refractivity contribution < 1.29 is 14.3 Å². The number of esters is 1. The minimum absolute atomic E-state index is 0.0695. The van der Waals surface area contributed by atoms with Gasteiger partial charge in [0.05, 0.1) is 12.8 Å². The number of hydrogen-bond donors (Lipinski definition) is 0. The van der Waals surface area contributed by atoms with E-state index in [4.69, 9.17) is 14.5 Å². The summed E-state index contributed by atoms with van der Waals surface area (Å²) < 4.78 is 11.3. The van der Waals surface area contributed by atoms with Crippen LogP contribution in [0.2, 0.25) is 0 Å². The quantitative estimate of drug-likeness (QED) is 0.444. The average molecular weight is 396 g/mol. The third-order valence-corrected chi connectivity index (χ3v) is 8.85. The van der Waals surface area contributed by atoms with E-state index < -0.39 is 0 Å². The van der Waals surface area contributed by atoms with Crippen LogP contribution in [-0.2, 0) is 14.3 Å². The van der Waals surface area contributed by atoms with Crippen molar-refractivity contribution in [1.82, 2.24) is 0 Å². The molecule has 0 amide bonds. The smallest absolute Gasteiger partial charge is 0.302 e. The third-order valence-electron chi connectivity index (χ3n) is 8.85. The number of aliphatic imine (C=N–C) groups is 1. The Morgan fingerprint density at radius 2 is 2.00 bits per heavy atom. The highest BCUT2D eigenvalue weighted by molar-refractivity contribution is 6.07. The maximum absolute atomic E-state index is 11.4. The highest BCUT2D eigenvalue weighted by atomic mass is 16.5. The van der Waals surface area contributed by atoms with Crippen molar-refractivity contribution in [2.75, 3.05) is 6.54 Å². The lowest BCUT2D eigenvalue weighted by Gasteiger charge is -2.57. The van der Waals surface area contributed by atoms with E-state index in [1.54, 1.807) is 5.57 Å². The van der Waals surface area contributed by atoms with Crippen LogP contribution in [0.4, 0.5) is 0 Å². The Balaban J connectivity index is 1.44. The summed E-state index contributed by atoms with van der Waals surface area (Å²) in [6, 6.07) is 0. The number of hydrogen-bond acceptors (Lipinski definition) is 4. The molecule has 5 rings (SSSR count). The Morgan fingerprint density at radius 1 is 1.21 bits per heavy atom. The fraction of sp³-hybridized carbons (Fsp3) is 0.680. The number of nitrogens with zero attached hydrogens (tertiary/aromatic N) is 1. The molecule has 6 atom stereocenters. The molecule has 0 N–H and O–H groups in total. The van der Waals surface area contributed by atoms with Crippen LogP contribution in [0.15, 0.2) is 40.8 Å². The molecular weight excluding hydrogens is 362 g/mol. The van der Waals surface area contributed by atoms with Gasteiger partial charge in [0, 0.05) is 30.0 Å². The number of rotatable bonds is 1. The molecule has 0 aromatic rings. The van der Waals surface area contributed by atoms with Gasteiger partial charge < -0.3 is 9.47 Å². The van der Waals surface area contributed by atoms with E-state index in [9.17, 15) is 4.79 Å². The molecule has 4 aliphatic carbocycles. The molecule has 5 aliphatic rings. The van der Waals surface area contributed by atoms with E-state index in [1.165, 1.54) is 31.1 Å². The van der Waals surface area contributed by atoms with Gasteiger partial charge >= 0.3 is 5.97 Å². The van der Waals surface area contributed by atoms with E-state index in [-0.39, 0.29) is 22.9 Å². The lowest BCUT2D eigenvalue weighted by Crippen LogP contribution is -2.50. The highest BCUT2D eigenvalue weighted by Gasteiger charge is 2.59. The van der Waals surface area contributed by atoms with Gasteiger partial charge in [-0.05, 0) is 61.7 Å². The van der Waals surface area contributed by atoms with Gasteiger partial charge in [0.15, 0.2) is 0 Å². The minimum atomic E-state index is -0.148. The SMILES string of the molecule is C=C1CN=C2C(=CO1)C[C@H]1[C@@H]3CC=C4C[C@@H](OC(C)=O)CC[C@]4(C)[C@H]3CC[C@]21C. The Labute approximate surface area is 174 Å². The number of ether oxygens (including phenoxy) is 2. The van der Waals surface area contributed by atoms with Gasteiger partial charge in [0.2, 0.25) is 0 Å². The molecule has 156 valence electrons. The van der Waals surface area contributed by atoms with Gasteiger partial charge in [-0.25, -0.2) is 0 Å². The first kappa shape index (κ1) is 19.1. The van der Waals surface area contributed by atoms with Crippen molar-refractivity contribution in [3.8, 4) is 0 Å². The third kappa shape index (κ3) is 2.85. The highest BCUT2D eigenvalue weighted by Crippen LogP contribution is 2.65. The fourth-order valence-electron chi connectivity index (χ4n) is 7.40. The van der Waals surface area contributed by atoms with Crippen LogP contribution in [0.3, 0.4) is 0 Å². The molecule has 0 bridgehead atoms. The standard InChI is InChI=1S/C25H33NO3/c1-15-13-26-23-17(14-28-15)11-22-20-6-5-18-12-19(29-16(2)27)7-9-24(18,3)21(20)8-10-25(22,23)4/h5,14,19-22H,1,6-13H2,2-4H3/t19-,20+,21-,22-,24-,25-/m0/s1. The average Bonchev–Trinajstić information content (AvgIpc) is 2.82. The van der Waals surface area contributed by atoms with Gasteiger partial charge in [-0.2, -0.15) is 0 Å². The van der Waals surface area contributed by atoms with Crippen LogP contribution in [0.1, 0.15) is 65.7 Å². The summed E-state index contributed by atoms with van der Waals surface area (Å²) in [4.78, 5) is 16.4. The van der Waals surface area contributed by atoms with E-state index >= 15 is 0 Å². The molecule has 3 saturated carbocycles. The van der Waals surface area contributed by atoms with E-state index in [0.29, 0.717) is 18.4 Å². The molecule has 0 aromatic heterocycles.